The van der Waals surface area contributed by atoms with E-state index >= 15 is 0 Å². The lowest BCUT2D eigenvalue weighted by molar-refractivity contribution is 0.0520. The number of ether oxygens (including phenoxy) is 1. The Hall–Kier alpha value is -2.47. The smallest absolute Gasteiger partial charge is 0.359 e. The van der Waals surface area contributed by atoms with Gasteiger partial charge in [-0.05, 0) is 24.6 Å². The molecule has 0 atom stereocenters. The summed E-state index contributed by atoms with van der Waals surface area (Å²) in [5, 5.41) is 4.66. The van der Waals surface area contributed by atoms with E-state index in [4.69, 9.17) is 16.3 Å². The second kappa shape index (κ2) is 5.73. The molecule has 0 aliphatic rings. The molecule has 2 aromatic heterocycles. The van der Waals surface area contributed by atoms with Crippen molar-refractivity contribution in [1.29, 1.82) is 0 Å². The van der Waals surface area contributed by atoms with E-state index in [2.05, 4.69) is 10.1 Å². The number of benzene rings is 1. The predicted octanol–water partition coefficient (Wildman–Crippen LogP) is 3.37. The standard InChI is InChI=1S/C15H11ClFN3O2/c1-2-22-15(21)13-12(9-3-5-10(16)6-4-9)14-18-7-11(17)8-20(14)19-13/h3-8H,2H2,1H3. The van der Waals surface area contributed by atoms with Crippen LogP contribution in [-0.2, 0) is 4.74 Å². The first-order chi connectivity index (χ1) is 10.6. The molecular weight excluding hydrogens is 309 g/mol. The predicted molar refractivity (Wildman–Crippen MR) is 79.3 cm³/mol. The highest BCUT2D eigenvalue weighted by Crippen LogP contribution is 2.29. The summed E-state index contributed by atoms with van der Waals surface area (Å²) in [5.41, 5.74) is 1.63. The molecule has 0 radical (unpaired) electrons. The molecule has 5 nitrogen and oxygen atoms in total. The first kappa shape index (κ1) is 14.5. The number of carbonyl (C=O) groups excluding carboxylic acids is 1. The normalized spacial score (nSPS) is 10.9. The number of aromatic nitrogens is 3. The van der Waals surface area contributed by atoms with Gasteiger partial charge in [0, 0.05) is 5.02 Å². The summed E-state index contributed by atoms with van der Waals surface area (Å²) in [6.45, 7) is 1.92. The largest absolute Gasteiger partial charge is 0.461 e. The number of hydrogen-bond acceptors (Lipinski definition) is 4. The van der Waals surface area contributed by atoms with E-state index in [9.17, 15) is 9.18 Å². The van der Waals surface area contributed by atoms with Gasteiger partial charge in [-0.3, -0.25) is 0 Å². The van der Waals surface area contributed by atoms with Crippen LogP contribution in [0.25, 0.3) is 16.8 Å². The van der Waals surface area contributed by atoms with Crippen LogP contribution >= 0.6 is 11.6 Å². The van der Waals surface area contributed by atoms with Crippen molar-refractivity contribution in [3.63, 3.8) is 0 Å². The monoisotopic (exact) mass is 319 g/mol. The van der Waals surface area contributed by atoms with Gasteiger partial charge in [0.25, 0.3) is 0 Å². The maximum Gasteiger partial charge on any atom is 0.359 e. The molecule has 0 N–H and O–H groups in total. The van der Waals surface area contributed by atoms with Crippen molar-refractivity contribution in [2.24, 2.45) is 0 Å². The molecule has 0 aliphatic heterocycles. The fourth-order valence-electron chi connectivity index (χ4n) is 2.14. The fourth-order valence-corrected chi connectivity index (χ4v) is 2.26. The van der Waals surface area contributed by atoms with Crippen LogP contribution in [0.3, 0.4) is 0 Å². The molecule has 0 saturated heterocycles. The summed E-state index contributed by atoms with van der Waals surface area (Å²) in [5.74, 6) is -1.13. The van der Waals surface area contributed by atoms with Crippen molar-refractivity contribution in [1.82, 2.24) is 14.6 Å². The minimum Gasteiger partial charge on any atom is -0.461 e. The Labute approximate surface area is 130 Å². The minimum absolute atomic E-state index is 0.0854. The van der Waals surface area contributed by atoms with E-state index in [1.54, 1.807) is 31.2 Å². The first-order valence-electron chi connectivity index (χ1n) is 6.57. The van der Waals surface area contributed by atoms with Crippen LogP contribution in [0.1, 0.15) is 17.4 Å². The summed E-state index contributed by atoms with van der Waals surface area (Å²) in [6, 6.07) is 6.87. The maximum absolute atomic E-state index is 13.3. The topological polar surface area (TPSA) is 56.5 Å². The van der Waals surface area contributed by atoms with Crippen molar-refractivity contribution in [3.8, 4) is 11.1 Å². The van der Waals surface area contributed by atoms with Crippen molar-refractivity contribution in [3.05, 3.63) is 53.2 Å². The van der Waals surface area contributed by atoms with Crippen molar-refractivity contribution in [2.75, 3.05) is 6.61 Å². The van der Waals surface area contributed by atoms with Crippen LogP contribution < -0.4 is 0 Å². The molecule has 7 heteroatoms. The summed E-state index contributed by atoms with van der Waals surface area (Å²) < 4.78 is 19.6. The van der Waals surface area contributed by atoms with E-state index in [1.807, 2.05) is 0 Å². The van der Waals surface area contributed by atoms with E-state index in [-0.39, 0.29) is 12.3 Å². The van der Waals surface area contributed by atoms with E-state index in [1.165, 1.54) is 4.52 Å². The van der Waals surface area contributed by atoms with Crippen molar-refractivity contribution < 1.29 is 13.9 Å². The van der Waals surface area contributed by atoms with Gasteiger partial charge in [0.05, 0.1) is 24.6 Å². The Balaban J connectivity index is 2.26. The van der Waals surface area contributed by atoms with Crippen LogP contribution in [0.15, 0.2) is 36.7 Å². The third kappa shape index (κ3) is 2.53. The van der Waals surface area contributed by atoms with E-state index < -0.39 is 11.8 Å². The van der Waals surface area contributed by atoms with Gasteiger partial charge in [-0.2, -0.15) is 5.10 Å². The number of esters is 1. The molecule has 1 aromatic carbocycles. The molecule has 112 valence electrons. The van der Waals surface area contributed by atoms with Gasteiger partial charge in [0.2, 0.25) is 0 Å². The molecular formula is C15H11ClFN3O2. The number of hydrogen-bond donors (Lipinski definition) is 0. The van der Waals surface area contributed by atoms with Gasteiger partial charge in [-0.15, -0.1) is 0 Å². The highest BCUT2D eigenvalue weighted by Gasteiger charge is 2.23. The molecule has 0 saturated carbocycles. The molecule has 0 amide bonds. The zero-order valence-corrected chi connectivity index (χ0v) is 12.3. The lowest BCUT2D eigenvalue weighted by Crippen LogP contribution is -2.07. The molecule has 2 heterocycles. The SMILES string of the molecule is CCOC(=O)c1nn2cc(F)cnc2c1-c1ccc(Cl)cc1. The number of halogens is 2. The number of nitrogens with zero attached hydrogens (tertiary/aromatic N) is 3. The third-order valence-electron chi connectivity index (χ3n) is 3.04. The highest BCUT2D eigenvalue weighted by atomic mass is 35.5. The molecule has 3 aromatic rings. The Morgan fingerprint density at radius 1 is 1.36 bits per heavy atom. The molecule has 0 spiro atoms. The lowest BCUT2D eigenvalue weighted by Gasteiger charge is -2.03. The Morgan fingerprint density at radius 3 is 2.77 bits per heavy atom. The van der Waals surface area contributed by atoms with Crippen LogP contribution in [0.4, 0.5) is 4.39 Å². The van der Waals surface area contributed by atoms with Crippen molar-refractivity contribution in [2.45, 2.75) is 6.92 Å². The molecule has 0 fully saturated rings. The van der Waals surface area contributed by atoms with Crippen LogP contribution in [0.2, 0.25) is 5.02 Å². The van der Waals surface area contributed by atoms with E-state index in [0.717, 1.165) is 12.4 Å². The molecule has 22 heavy (non-hydrogen) atoms. The molecule has 3 rings (SSSR count). The second-order valence-corrected chi connectivity index (χ2v) is 4.93. The number of rotatable bonds is 3. The van der Waals surface area contributed by atoms with Gasteiger partial charge in [0.1, 0.15) is 0 Å². The molecule has 0 aliphatic carbocycles. The van der Waals surface area contributed by atoms with Gasteiger partial charge in [-0.25, -0.2) is 18.7 Å². The fraction of sp³-hybridized carbons (Fsp3) is 0.133. The minimum atomic E-state index is -0.585. The number of carbonyl (C=O) groups is 1. The average molecular weight is 320 g/mol. The second-order valence-electron chi connectivity index (χ2n) is 4.49. The van der Waals surface area contributed by atoms with Gasteiger partial charge in [0.15, 0.2) is 17.2 Å². The van der Waals surface area contributed by atoms with Crippen LogP contribution in [-0.4, -0.2) is 27.2 Å². The highest BCUT2D eigenvalue weighted by molar-refractivity contribution is 6.30. The summed E-state index contributed by atoms with van der Waals surface area (Å²) in [7, 11) is 0. The van der Waals surface area contributed by atoms with Gasteiger partial charge >= 0.3 is 5.97 Å². The molecule has 0 bridgehead atoms. The number of fused-ring (bicyclic) bond motifs is 1. The van der Waals surface area contributed by atoms with Crippen LogP contribution in [0.5, 0.6) is 0 Å². The lowest BCUT2D eigenvalue weighted by atomic mass is 10.1. The summed E-state index contributed by atoms with van der Waals surface area (Å²) in [6.07, 6.45) is 2.23. The van der Waals surface area contributed by atoms with Crippen LogP contribution in [0, 0.1) is 5.82 Å². The van der Waals surface area contributed by atoms with Gasteiger partial charge in [-0.1, -0.05) is 23.7 Å². The summed E-state index contributed by atoms with van der Waals surface area (Å²) >= 11 is 5.89. The first-order valence-corrected chi connectivity index (χ1v) is 6.95. The summed E-state index contributed by atoms with van der Waals surface area (Å²) in [4.78, 5) is 16.1. The maximum atomic E-state index is 13.3. The molecule has 0 unspecified atom stereocenters. The third-order valence-corrected chi connectivity index (χ3v) is 3.29. The van der Waals surface area contributed by atoms with E-state index in [0.29, 0.717) is 21.8 Å². The Bertz CT molecular complexity index is 846. The zero-order valence-electron chi connectivity index (χ0n) is 11.6. The van der Waals surface area contributed by atoms with Gasteiger partial charge < -0.3 is 4.74 Å². The van der Waals surface area contributed by atoms with Crippen molar-refractivity contribution >= 4 is 23.2 Å². The Morgan fingerprint density at radius 2 is 2.09 bits per heavy atom. The average Bonchev–Trinajstić information content (AvgIpc) is 2.87. The Kier molecular flexibility index (Phi) is 3.77. The zero-order chi connectivity index (χ0) is 15.7. The quantitative estimate of drug-likeness (QED) is 0.695.